The number of nitrogens with zero attached hydrogens (tertiary/aromatic N) is 5. The third-order valence-electron chi connectivity index (χ3n) is 5.81. The zero-order valence-electron chi connectivity index (χ0n) is 17.4. The maximum atomic E-state index is 13.4. The van der Waals surface area contributed by atoms with Crippen molar-refractivity contribution in [2.24, 2.45) is 0 Å². The highest BCUT2D eigenvalue weighted by Crippen LogP contribution is 2.31. The van der Waals surface area contributed by atoms with Gasteiger partial charge in [-0.1, -0.05) is 16.8 Å². The van der Waals surface area contributed by atoms with Gasteiger partial charge in [0, 0.05) is 54.4 Å². The van der Waals surface area contributed by atoms with E-state index in [1.807, 2.05) is 23.1 Å². The molecule has 0 aromatic carbocycles. The number of carbonyl (C=O) groups is 1. The fourth-order valence-corrected chi connectivity index (χ4v) is 4.18. The third-order valence-corrected chi connectivity index (χ3v) is 6.03. The number of aromatic nitrogens is 5. The molecule has 4 aromatic heterocycles. The predicted octanol–water partition coefficient (Wildman–Crippen LogP) is 4.58. The summed E-state index contributed by atoms with van der Waals surface area (Å²) in [5.41, 5.74) is 2.94. The Morgan fingerprint density at radius 3 is 2.81 bits per heavy atom. The summed E-state index contributed by atoms with van der Waals surface area (Å²) in [5.74, 6) is 0.960. The van der Waals surface area contributed by atoms with Crippen LogP contribution in [-0.4, -0.2) is 48.5 Å². The normalized spacial score (nSPS) is 18.6. The number of likely N-dealkylation sites (tertiary alicyclic amines) is 1. The lowest BCUT2D eigenvalue weighted by Crippen LogP contribution is -2.45. The topological polar surface area (TPSA) is 101 Å². The molecule has 4 aromatic rings. The zero-order valence-corrected chi connectivity index (χ0v) is 18.2. The van der Waals surface area contributed by atoms with E-state index in [1.54, 1.807) is 36.9 Å². The van der Waals surface area contributed by atoms with Gasteiger partial charge in [-0.2, -0.15) is 4.98 Å². The fourth-order valence-electron chi connectivity index (χ4n) is 4.01. The Bertz CT molecular complexity index is 1240. The van der Waals surface area contributed by atoms with Crippen molar-refractivity contribution in [1.82, 2.24) is 30.0 Å². The number of H-pyrrole nitrogens is 1. The van der Waals surface area contributed by atoms with Gasteiger partial charge in [0.1, 0.15) is 5.69 Å². The van der Waals surface area contributed by atoms with E-state index < -0.39 is 0 Å². The molecule has 0 radical (unpaired) electrons. The van der Waals surface area contributed by atoms with Crippen LogP contribution in [0.25, 0.3) is 22.8 Å². The molecule has 8 nitrogen and oxygen atoms in total. The number of hydrogen-bond acceptors (Lipinski definition) is 6. The smallest absolute Gasteiger partial charge is 0.274 e. The number of aromatic amines is 1. The first-order valence-corrected chi connectivity index (χ1v) is 10.8. The lowest BCUT2D eigenvalue weighted by atomic mass is 9.92. The number of carbonyl (C=O) groups excluding carboxylic acids is 1. The highest BCUT2D eigenvalue weighted by molar-refractivity contribution is 6.30. The summed E-state index contributed by atoms with van der Waals surface area (Å²) in [6, 6.07) is 9.19. The summed E-state index contributed by atoms with van der Waals surface area (Å²) in [4.78, 5) is 31.3. The molecule has 0 saturated carbocycles. The first kappa shape index (κ1) is 20.4. The monoisotopic (exact) mass is 448 g/mol. The van der Waals surface area contributed by atoms with Gasteiger partial charge in [0.25, 0.3) is 11.8 Å². The van der Waals surface area contributed by atoms with Gasteiger partial charge in [0.05, 0.1) is 10.7 Å². The Balaban J connectivity index is 1.36. The molecular weight excluding hydrogens is 428 g/mol. The van der Waals surface area contributed by atoms with E-state index in [1.165, 1.54) is 0 Å². The minimum Gasteiger partial charge on any atom is -0.356 e. The van der Waals surface area contributed by atoms with E-state index in [2.05, 4.69) is 32.0 Å². The lowest BCUT2D eigenvalue weighted by Gasteiger charge is -2.37. The van der Waals surface area contributed by atoms with E-state index in [0.717, 1.165) is 24.1 Å². The van der Waals surface area contributed by atoms with Crippen LogP contribution in [-0.2, 0) is 0 Å². The summed E-state index contributed by atoms with van der Waals surface area (Å²) in [6.07, 6.45) is 8.50. The molecule has 1 amide bonds. The Morgan fingerprint density at radius 1 is 1.19 bits per heavy atom. The van der Waals surface area contributed by atoms with E-state index in [-0.39, 0.29) is 17.9 Å². The van der Waals surface area contributed by atoms with Gasteiger partial charge >= 0.3 is 0 Å². The maximum absolute atomic E-state index is 13.4. The second kappa shape index (κ2) is 8.55. The lowest BCUT2D eigenvalue weighted by molar-refractivity contribution is 0.0604. The van der Waals surface area contributed by atoms with Gasteiger partial charge in [-0.15, -0.1) is 0 Å². The molecule has 0 aliphatic carbocycles. The van der Waals surface area contributed by atoms with Crippen molar-refractivity contribution in [3.8, 4) is 22.8 Å². The average molecular weight is 449 g/mol. The maximum Gasteiger partial charge on any atom is 0.274 e. The molecule has 162 valence electrons. The number of halogens is 1. The van der Waals surface area contributed by atoms with E-state index in [0.29, 0.717) is 34.5 Å². The average Bonchev–Trinajstić information content (AvgIpc) is 3.49. The minimum atomic E-state index is -0.0280. The summed E-state index contributed by atoms with van der Waals surface area (Å²) in [6.45, 7) is 2.60. The SMILES string of the molecule is C[C@@H]1CC[C@H](c2noc(-c3cc(Cl)c[nH]3)n2)CN1C(=O)c1ccnc(-c2ccncc2)c1. The van der Waals surface area contributed by atoms with Crippen molar-refractivity contribution in [2.75, 3.05) is 6.54 Å². The van der Waals surface area contributed by atoms with Crippen molar-refractivity contribution < 1.29 is 9.32 Å². The Morgan fingerprint density at radius 2 is 2.03 bits per heavy atom. The number of piperidine rings is 1. The van der Waals surface area contributed by atoms with Crippen LogP contribution in [0.3, 0.4) is 0 Å². The number of hydrogen-bond donors (Lipinski definition) is 1. The van der Waals surface area contributed by atoms with Crippen LogP contribution >= 0.6 is 11.6 Å². The van der Waals surface area contributed by atoms with E-state index in [4.69, 9.17) is 16.1 Å². The molecule has 5 heterocycles. The van der Waals surface area contributed by atoms with Gasteiger partial charge in [-0.25, -0.2) is 0 Å². The Kier molecular flexibility index (Phi) is 5.45. The molecule has 9 heteroatoms. The quantitative estimate of drug-likeness (QED) is 0.490. The van der Waals surface area contributed by atoms with E-state index >= 15 is 0 Å². The summed E-state index contributed by atoms with van der Waals surface area (Å²) in [7, 11) is 0. The Hall–Kier alpha value is -3.52. The largest absolute Gasteiger partial charge is 0.356 e. The van der Waals surface area contributed by atoms with E-state index in [9.17, 15) is 4.79 Å². The second-order valence-electron chi connectivity index (χ2n) is 7.94. The molecule has 0 bridgehead atoms. The number of rotatable bonds is 4. The van der Waals surface area contributed by atoms with Crippen LogP contribution in [0.5, 0.6) is 0 Å². The Labute approximate surface area is 189 Å². The molecule has 5 rings (SSSR count). The molecule has 1 aliphatic rings. The standard InChI is InChI=1S/C23H21ClN6O2/c1-14-2-3-17(21-28-22(32-29-21)20-11-18(24)12-27-20)13-30(14)23(31)16-6-9-26-19(10-16)15-4-7-25-8-5-15/h4-12,14,17,27H,2-3,13H2,1H3/t14-,17+/m1/s1. The van der Waals surface area contributed by atoms with Crippen molar-refractivity contribution >= 4 is 17.5 Å². The molecule has 0 spiro atoms. The first-order valence-electron chi connectivity index (χ1n) is 10.4. The predicted molar refractivity (Wildman–Crippen MR) is 119 cm³/mol. The summed E-state index contributed by atoms with van der Waals surface area (Å²) < 4.78 is 5.42. The van der Waals surface area contributed by atoms with Crippen LogP contribution in [0, 0.1) is 0 Å². The van der Waals surface area contributed by atoms with Gasteiger partial charge in [0.2, 0.25) is 0 Å². The third kappa shape index (κ3) is 4.01. The van der Waals surface area contributed by atoms with Gasteiger partial charge in [-0.05, 0) is 50.1 Å². The molecule has 32 heavy (non-hydrogen) atoms. The molecule has 0 unspecified atom stereocenters. The van der Waals surface area contributed by atoms with Crippen LogP contribution in [0.1, 0.15) is 41.9 Å². The molecule has 1 N–H and O–H groups in total. The van der Waals surface area contributed by atoms with Gasteiger partial charge < -0.3 is 14.4 Å². The number of amides is 1. The minimum absolute atomic E-state index is 0.000380. The van der Waals surface area contributed by atoms with Crippen molar-refractivity contribution in [3.05, 3.63) is 71.5 Å². The number of pyridine rings is 2. The second-order valence-corrected chi connectivity index (χ2v) is 8.37. The summed E-state index contributed by atoms with van der Waals surface area (Å²) in [5, 5.41) is 4.74. The molecule has 1 saturated heterocycles. The van der Waals surface area contributed by atoms with Crippen LogP contribution in [0.4, 0.5) is 0 Å². The first-order chi connectivity index (χ1) is 15.6. The molecule has 1 aliphatic heterocycles. The highest BCUT2D eigenvalue weighted by atomic mass is 35.5. The van der Waals surface area contributed by atoms with Crippen molar-refractivity contribution in [1.29, 1.82) is 0 Å². The molecule has 2 atom stereocenters. The van der Waals surface area contributed by atoms with Crippen LogP contribution < -0.4 is 0 Å². The zero-order chi connectivity index (χ0) is 22.1. The van der Waals surface area contributed by atoms with Crippen LogP contribution in [0.15, 0.2) is 59.6 Å². The molecule has 1 fully saturated rings. The van der Waals surface area contributed by atoms with Gasteiger partial charge in [0.15, 0.2) is 5.82 Å². The van der Waals surface area contributed by atoms with Gasteiger partial charge in [-0.3, -0.25) is 14.8 Å². The van der Waals surface area contributed by atoms with Crippen molar-refractivity contribution in [2.45, 2.75) is 31.7 Å². The van der Waals surface area contributed by atoms with Crippen molar-refractivity contribution in [3.63, 3.8) is 0 Å². The fraction of sp³-hybridized carbons (Fsp3) is 0.261. The summed E-state index contributed by atoms with van der Waals surface area (Å²) >= 11 is 5.97. The number of nitrogens with one attached hydrogen (secondary N) is 1. The van der Waals surface area contributed by atoms with Crippen LogP contribution in [0.2, 0.25) is 5.02 Å². The molecular formula is C23H21ClN6O2. The highest BCUT2D eigenvalue weighted by Gasteiger charge is 2.33.